The molecule has 0 saturated carbocycles. The summed E-state index contributed by atoms with van der Waals surface area (Å²) in [4.78, 5) is 15.4. The summed E-state index contributed by atoms with van der Waals surface area (Å²) in [6.07, 6.45) is 4.44. The van der Waals surface area contributed by atoms with Gasteiger partial charge in [-0.15, -0.1) is 11.3 Å². The predicted molar refractivity (Wildman–Crippen MR) is 207 cm³/mol. The van der Waals surface area contributed by atoms with Crippen LogP contribution < -0.4 is 4.74 Å². The molecule has 0 radical (unpaired) electrons. The van der Waals surface area contributed by atoms with Gasteiger partial charge in [0.15, 0.2) is 17.5 Å². The smallest absolute Gasteiger partial charge is 0.164 e. The number of benzene rings is 6. The van der Waals surface area contributed by atoms with Gasteiger partial charge in [0.1, 0.15) is 11.9 Å². The fourth-order valence-corrected chi connectivity index (χ4v) is 9.10. The fraction of sp³-hybridized carbons (Fsp3) is 0.0444. The lowest BCUT2D eigenvalue weighted by molar-refractivity contribution is 0.224. The molecule has 6 heteroatoms. The first-order chi connectivity index (χ1) is 25.3. The van der Waals surface area contributed by atoms with Crippen molar-refractivity contribution < 1.29 is 4.74 Å². The summed E-state index contributed by atoms with van der Waals surface area (Å²) in [6, 6.07) is 50.8. The standard InChI is InChI=1S/C45H28N4OS/c1-3-12-27(13-4-1)43-46-44(48-45(47-43)33-18-11-21-39-40(33)32-17-8-10-20-38(32)51-39)28-22-25-37-34(26-28)30-23-24-36-41(42(30)50-37)31-16-7-9-19-35(31)49(36)29-14-5-2-6-15-29/h1-26,30,42H. The molecule has 1 aliphatic carbocycles. The van der Waals surface area contributed by atoms with Gasteiger partial charge in [0.05, 0.1) is 11.2 Å². The molecule has 4 heterocycles. The molecule has 3 aromatic heterocycles. The molecule has 0 amide bonds. The van der Waals surface area contributed by atoms with E-state index in [0.29, 0.717) is 17.5 Å². The normalized spacial score (nSPS) is 15.9. The van der Waals surface area contributed by atoms with Crippen LogP contribution in [0.2, 0.25) is 0 Å². The molecule has 9 aromatic rings. The average Bonchev–Trinajstić information content (AvgIpc) is 3.87. The Balaban J connectivity index is 1.06. The topological polar surface area (TPSA) is 52.8 Å². The van der Waals surface area contributed by atoms with E-state index < -0.39 is 0 Å². The fourth-order valence-electron chi connectivity index (χ4n) is 7.97. The van der Waals surface area contributed by atoms with Crippen LogP contribution in [0.15, 0.2) is 152 Å². The predicted octanol–water partition coefficient (Wildman–Crippen LogP) is 11.4. The number of nitrogens with zero attached hydrogens (tertiary/aromatic N) is 4. The van der Waals surface area contributed by atoms with Crippen molar-refractivity contribution in [2.24, 2.45) is 0 Å². The Morgan fingerprint density at radius 3 is 2.16 bits per heavy atom. The third-order valence-electron chi connectivity index (χ3n) is 10.2. The van der Waals surface area contributed by atoms with Gasteiger partial charge in [-0.2, -0.15) is 0 Å². The summed E-state index contributed by atoms with van der Waals surface area (Å²) in [6.45, 7) is 0. The van der Waals surface area contributed by atoms with E-state index in [4.69, 9.17) is 19.7 Å². The second kappa shape index (κ2) is 11.1. The van der Waals surface area contributed by atoms with E-state index in [1.54, 1.807) is 11.3 Å². The van der Waals surface area contributed by atoms with Crippen molar-refractivity contribution in [3.05, 3.63) is 168 Å². The maximum atomic E-state index is 6.84. The molecule has 0 fully saturated rings. The molecule has 51 heavy (non-hydrogen) atoms. The van der Waals surface area contributed by atoms with Gasteiger partial charge in [-0.1, -0.05) is 103 Å². The zero-order chi connectivity index (χ0) is 33.5. The van der Waals surface area contributed by atoms with Crippen molar-refractivity contribution in [3.63, 3.8) is 0 Å². The quantitative estimate of drug-likeness (QED) is 0.187. The number of rotatable bonds is 4. The van der Waals surface area contributed by atoms with Gasteiger partial charge in [-0.3, -0.25) is 0 Å². The van der Waals surface area contributed by atoms with E-state index >= 15 is 0 Å². The monoisotopic (exact) mass is 672 g/mol. The van der Waals surface area contributed by atoms with Crippen molar-refractivity contribution in [2.45, 2.75) is 12.0 Å². The van der Waals surface area contributed by atoms with Crippen molar-refractivity contribution in [1.82, 2.24) is 19.5 Å². The molecule has 2 aliphatic rings. The molecule has 0 spiro atoms. The van der Waals surface area contributed by atoms with Crippen molar-refractivity contribution in [3.8, 4) is 45.6 Å². The van der Waals surface area contributed by atoms with Gasteiger partial charge in [0.2, 0.25) is 0 Å². The molecule has 0 N–H and O–H groups in total. The van der Waals surface area contributed by atoms with Gasteiger partial charge < -0.3 is 9.30 Å². The van der Waals surface area contributed by atoms with Gasteiger partial charge in [0, 0.05) is 65.0 Å². The summed E-state index contributed by atoms with van der Waals surface area (Å²) < 4.78 is 11.7. The molecule has 5 nitrogen and oxygen atoms in total. The number of para-hydroxylation sites is 2. The highest BCUT2D eigenvalue weighted by Gasteiger charge is 2.40. The number of thiophene rings is 1. The molecule has 2 atom stereocenters. The van der Waals surface area contributed by atoms with Crippen LogP contribution in [0, 0.1) is 0 Å². The lowest BCUT2D eigenvalue weighted by Gasteiger charge is -2.22. The molecule has 240 valence electrons. The van der Waals surface area contributed by atoms with Gasteiger partial charge in [-0.25, -0.2) is 15.0 Å². The zero-order valence-corrected chi connectivity index (χ0v) is 28.1. The number of fused-ring (bicyclic) bond motifs is 10. The Morgan fingerprint density at radius 1 is 0.588 bits per heavy atom. The third-order valence-corrected chi connectivity index (χ3v) is 11.4. The number of hydrogen-bond acceptors (Lipinski definition) is 5. The molecule has 11 rings (SSSR count). The minimum atomic E-state index is -0.136. The van der Waals surface area contributed by atoms with Crippen molar-refractivity contribution >= 4 is 48.5 Å². The molecule has 6 aromatic carbocycles. The molecule has 0 bridgehead atoms. The Labute approximate surface area is 297 Å². The second-order valence-corrected chi connectivity index (χ2v) is 14.2. The summed E-state index contributed by atoms with van der Waals surface area (Å²) in [5.74, 6) is 2.91. The van der Waals surface area contributed by atoms with Crippen LogP contribution in [0.5, 0.6) is 5.75 Å². The van der Waals surface area contributed by atoms with Crippen LogP contribution in [-0.2, 0) is 0 Å². The molecule has 2 unspecified atom stereocenters. The van der Waals surface area contributed by atoms with Crippen LogP contribution in [0.1, 0.15) is 28.8 Å². The maximum absolute atomic E-state index is 6.84. The summed E-state index contributed by atoms with van der Waals surface area (Å²) >= 11 is 1.80. The van der Waals surface area contributed by atoms with Crippen LogP contribution in [0.25, 0.3) is 77.0 Å². The van der Waals surface area contributed by atoms with Gasteiger partial charge in [-0.05, 0) is 54.6 Å². The largest absolute Gasteiger partial charge is 0.484 e. The van der Waals surface area contributed by atoms with Crippen molar-refractivity contribution in [2.75, 3.05) is 0 Å². The van der Waals surface area contributed by atoms with Gasteiger partial charge in [0.25, 0.3) is 0 Å². The van der Waals surface area contributed by atoms with E-state index in [-0.39, 0.29) is 12.0 Å². The lowest BCUT2D eigenvalue weighted by Crippen LogP contribution is -2.13. The molecule has 1 aliphatic heterocycles. The Bertz CT molecular complexity index is 2850. The molecular weight excluding hydrogens is 645 g/mol. The number of aromatic nitrogens is 4. The Hall–Kier alpha value is -6.37. The first kappa shape index (κ1) is 28.5. The number of ether oxygens (including phenoxy) is 1. The summed E-state index contributed by atoms with van der Waals surface area (Å²) in [5.41, 5.74) is 8.75. The highest BCUT2D eigenvalue weighted by Crippen LogP contribution is 2.53. The Kier molecular flexibility index (Phi) is 6.18. The third kappa shape index (κ3) is 4.36. The van der Waals surface area contributed by atoms with Crippen LogP contribution >= 0.6 is 11.3 Å². The lowest BCUT2D eigenvalue weighted by atomic mass is 9.85. The van der Waals surface area contributed by atoms with Crippen LogP contribution in [-0.4, -0.2) is 19.5 Å². The second-order valence-electron chi connectivity index (χ2n) is 13.1. The summed E-state index contributed by atoms with van der Waals surface area (Å²) in [5, 5.41) is 3.61. The van der Waals surface area contributed by atoms with E-state index in [1.807, 2.05) is 18.2 Å². The van der Waals surface area contributed by atoms with E-state index in [2.05, 4.69) is 144 Å². The zero-order valence-electron chi connectivity index (χ0n) is 27.3. The molecule has 0 saturated heterocycles. The Morgan fingerprint density at radius 2 is 1.29 bits per heavy atom. The van der Waals surface area contributed by atoms with E-state index in [9.17, 15) is 0 Å². The van der Waals surface area contributed by atoms with E-state index in [1.165, 1.54) is 42.3 Å². The summed E-state index contributed by atoms with van der Waals surface area (Å²) in [7, 11) is 0. The number of hydrogen-bond donors (Lipinski definition) is 0. The van der Waals surface area contributed by atoms with E-state index in [0.717, 1.165) is 33.7 Å². The minimum absolute atomic E-state index is 0.0586. The van der Waals surface area contributed by atoms with Crippen molar-refractivity contribution in [1.29, 1.82) is 0 Å². The average molecular weight is 673 g/mol. The van der Waals surface area contributed by atoms with Crippen LogP contribution in [0.3, 0.4) is 0 Å². The first-order valence-corrected chi connectivity index (χ1v) is 18.0. The van der Waals surface area contributed by atoms with Crippen LogP contribution in [0.4, 0.5) is 0 Å². The van der Waals surface area contributed by atoms with Gasteiger partial charge >= 0.3 is 0 Å². The first-order valence-electron chi connectivity index (χ1n) is 17.2. The minimum Gasteiger partial charge on any atom is -0.484 e. The highest BCUT2D eigenvalue weighted by atomic mass is 32.1. The SMILES string of the molecule is C1=CC2c3cc(-c4nc(-c5ccccc5)nc(-c5cccc6sc7ccccc7c56)n4)ccc3OC2c2c1n(-c1ccccc1)c1ccccc21. The maximum Gasteiger partial charge on any atom is 0.164 e. The molecular formula is C45H28N4OS. The highest BCUT2D eigenvalue weighted by molar-refractivity contribution is 7.25.